The summed E-state index contributed by atoms with van der Waals surface area (Å²) in [6, 6.07) is 3.46. The van der Waals surface area contributed by atoms with Gasteiger partial charge in [0.1, 0.15) is 5.15 Å². The van der Waals surface area contributed by atoms with Crippen LogP contribution in [0.3, 0.4) is 0 Å². The van der Waals surface area contributed by atoms with E-state index in [1.165, 1.54) is 7.11 Å². The molecule has 3 saturated heterocycles. The van der Waals surface area contributed by atoms with Crippen LogP contribution in [0.4, 0.5) is 4.79 Å². The summed E-state index contributed by atoms with van der Waals surface area (Å²) in [6.45, 7) is 4.96. The Kier molecular flexibility index (Phi) is 8.04. The van der Waals surface area contributed by atoms with E-state index >= 15 is 0 Å². The summed E-state index contributed by atoms with van der Waals surface area (Å²) in [5.74, 6) is 0.509. The molecule has 1 aromatic heterocycles. The number of nitrogens with one attached hydrogen (secondary N) is 2. The fraction of sp³-hybridized carbons (Fsp3) is 0.680. The van der Waals surface area contributed by atoms with Crippen LogP contribution in [0.2, 0.25) is 5.15 Å². The second kappa shape index (κ2) is 11.0. The van der Waals surface area contributed by atoms with E-state index < -0.39 is 0 Å². The maximum atomic E-state index is 13.0. The third kappa shape index (κ3) is 6.18. The van der Waals surface area contributed by atoms with Crippen molar-refractivity contribution in [1.29, 1.82) is 0 Å². The average Bonchev–Trinajstić information content (AvgIpc) is 3.40. The van der Waals surface area contributed by atoms with E-state index in [0.29, 0.717) is 31.0 Å². The molecular weight excluding hydrogens is 470 g/mol. The Bertz CT molecular complexity index is 950. The Balaban J connectivity index is 1.18. The Labute approximate surface area is 211 Å². The lowest BCUT2D eigenvalue weighted by molar-refractivity contribution is -0.130. The van der Waals surface area contributed by atoms with Crippen molar-refractivity contribution >= 4 is 29.4 Å². The molecule has 1 spiro atoms. The SMILES string of the molecule is COc1cc(C(=O)N2CCC3(CCN(C(=O)CCCCCC4NC(=O)NC4C)C3)CC2)cc(Cl)n1. The number of carbonyl (C=O) groups is 3. The van der Waals surface area contributed by atoms with E-state index in [1.807, 2.05) is 16.7 Å². The summed E-state index contributed by atoms with van der Waals surface area (Å²) in [5, 5.41) is 6.05. The van der Waals surface area contributed by atoms with Crippen molar-refractivity contribution in [2.45, 2.75) is 70.4 Å². The molecule has 4 heterocycles. The van der Waals surface area contributed by atoms with Crippen molar-refractivity contribution in [1.82, 2.24) is 25.4 Å². The Hall–Kier alpha value is -2.55. The second-order valence-corrected chi connectivity index (χ2v) is 10.6. The first-order chi connectivity index (χ1) is 16.8. The van der Waals surface area contributed by atoms with Crippen molar-refractivity contribution in [3.8, 4) is 5.88 Å². The first-order valence-electron chi connectivity index (χ1n) is 12.6. The van der Waals surface area contributed by atoms with Crippen molar-refractivity contribution < 1.29 is 19.1 Å². The number of unbranched alkanes of at least 4 members (excludes halogenated alkanes) is 2. The van der Waals surface area contributed by atoms with Crippen LogP contribution < -0.4 is 15.4 Å². The quantitative estimate of drug-likeness (QED) is 0.417. The van der Waals surface area contributed by atoms with Gasteiger partial charge < -0.3 is 25.2 Å². The molecular formula is C25H36ClN5O4. The predicted molar refractivity (Wildman–Crippen MR) is 133 cm³/mol. The Morgan fingerprint density at radius 2 is 1.83 bits per heavy atom. The van der Waals surface area contributed by atoms with Crippen molar-refractivity contribution in [3.05, 3.63) is 22.8 Å². The number of nitrogens with zero attached hydrogens (tertiary/aromatic N) is 3. The van der Waals surface area contributed by atoms with Crippen LogP contribution in [0.1, 0.15) is 68.6 Å². The number of likely N-dealkylation sites (tertiary alicyclic amines) is 2. The van der Waals surface area contributed by atoms with Crippen LogP contribution in [0.25, 0.3) is 0 Å². The molecule has 0 aliphatic carbocycles. The zero-order valence-electron chi connectivity index (χ0n) is 20.6. The number of halogens is 1. The average molecular weight is 506 g/mol. The van der Waals surface area contributed by atoms with Gasteiger partial charge in [0.15, 0.2) is 0 Å². The molecule has 3 aliphatic rings. The molecule has 4 rings (SSSR count). The molecule has 3 fully saturated rings. The van der Waals surface area contributed by atoms with Gasteiger partial charge in [-0.15, -0.1) is 0 Å². The van der Waals surface area contributed by atoms with E-state index in [-0.39, 0.29) is 40.5 Å². The maximum Gasteiger partial charge on any atom is 0.315 e. The lowest BCUT2D eigenvalue weighted by Gasteiger charge is -2.39. The molecule has 2 N–H and O–H groups in total. The van der Waals surface area contributed by atoms with Gasteiger partial charge in [-0.2, -0.15) is 0 Å². The smallest absolute Gasteiger partial charge is 0.315 e. The minimum absolute atomic E-state index is 0.0595. The van der Waals surface area contributed by atoms with Gasteiger partial charge in [0.25, 0.3) is 5.91 Å². The van der Waals surface area contributed by atoms with Crippen LogP contribution in [0, 0.1) is 5.41 Å². The number of rotatable bonds is 8. The molecule has 4 amide bonds. The number of urea groups is 1. The molecule has 9 nitrogen and oxygen atoms in total. The number of methoxy groups -OCH3 is 1. The normalized spacial score (nSPS) is 23.3. The predicted octanol–water partition coefficient (Wildman–Crippen LogP) is 3.22. The highest BCUT2D eigenvalue weighted by Gasteiger charge is 2.42. The summed E-state index contributed by atoms with van der Waals surface area (Å²) >= 11 is 6.03. The molecule has 0 saturated carbocycles. The van der Waals surface area contributed by atoms with Gasteiger partial charge in [-0.1, -0.05) is 24.4 Å². The van der Waals surface area contributed by atoms with Crippen LogP contribution in [-0.2, 0) is 4.79 Å². The topological polar surface area (TPSA) is 104 Å². The van der Waals surface area contributed by atoms with E-state index in [1.54, 1.807) is 12.1 Å². The Morgan fingerprint density at radius 3 is 2.49 bits per heavy atom. The summed E-state index contributed by atoms with van der Waals surface area (Å²) in [7, 11) is 1.50. The van der Waals surface area contributed by atoms with Gasteiger partial charge in [-0.25, -0.2) is 9.78 Å². The first kappa shape index (κ1) is 25.5. The zero-order chi connectivity index (χ0) is 25.0. The lowest BCUT2D eigenvalue weighted by atomic mass is 9.77. The van der Waals surface area contributed by atoms with Crippen LogP contribution in [-0.4, -0.2) is 78.0 Å². The number of aromatic nitrogens is 1. The third-order valence-electron chi connectivity index (χ3n) is 7.81. The summed E-state index contributed by atoms with van der Waals surface area (Å²) < 4.78 is 5.13. The molecule has 10 heteroatoms. The number of carbonyl (C=O) groups excluding carboxylic acids is 3. The summed E-state index contributed by atoms with van der Waals surface area (Å²) in [5.41, 5.74) is 0.603. The molecule has 1 aromatic rings. The number of hydrogen-bond acceptors (Lipinski definition) is 5. The highest BCUT2D eigenvalue weighted by atomic mass is 35.5. The number of pyridine rings is 1. The van der Waals surface area contributed by atoms with E-state index in [0.717, 1.165) is 58.0 Å². The van der Waals surface area contributed by atoms with Crippen LogP contribution in [0.15, 0.2) is 12.1 Å². The molecule has 0 radical (unpaired) electrons. The van der Waals surface area contributed by atoms with E-state index in [9.17, 15) is 14.4 Å². The van der Waals surface area contributed by atoms with Gasteiger partial charge >= 0.3 is 6.03 Å². The summed E-state index contributed by atoms with van der Waals surface area (Å²) in [4.78, 5) is 45.1. The largest absolute Gasteiger partial charge is 0.481 e. The van der Waals surface area contributed by atoms with Gasteiger partial charge in [-0.05, 0) is 50.5 Å². The molecule has 2 unspecified atom stereocenters. The van der Waals surface area contributed by atoms with Gasteiger partial charge in [0.2, 0.25) is 11.8 Å². The monoisotopic (exact) mass is 505 g/mol. The van der Waals surface area contributed by atoms with E-state index in [4.69, 9.17) is 16.3 Å². The van der Waals surface area contributed by atoms with Crippen molar-refractivity contribution in [3.63, 3.8) is 0 Å². The highest BCUT2D eigenvalue weighted by molar-refractivity contribution is 6.29. The minimum atomic E-state index is -0.0853. The molecule has 35 heavy (non-hydrogen) atoms. The van der Waals surface area contributed by atoms with Crippen molar-refractivity contribution in [2.75, 3.05) is 33.3 Å². The number of piperidine rings is 1. The van der Waals surface area contributed by atoms with Crippen molar-refractivity contribution in [2.24, 2.45) is 5.41 Å². The maximum absolute atomic E-state index is 13.0. The molecule has 3 aliphatic heterocycles. The fourth-order valence-electron chi connectivity index (χ4n) is 5.56. The van der Waals surface area contributed by atoms with Crippen LogP contribution >= 0.6 is 11.6 Å². The first-order valence-corrected chi connectivity index (χ1v) is 13.0. The molecule has 192 valence electrons. The second-order valence-electron chi connectivity index (χ2n) is 10.2. The lowest BCUT2D eigenvalue weighted by Crippen LogP contribution is -2.44. The van der Waals surface area contributed by atoms with E-state index in [2.05, 4.69) is 15.6 Å². The van der Waals surface area contributed by atoms with Crippen LogP contribution in [0.5, 0.6) is 5.88 Å². The van der Waals surface area contributed by atoms with Gasteiger partial charge in [0.05, 0.1) is 13.2 Å². The molecule has 0 bridgehead atoms. The Morgan fingerprint density at radius 1 is 1.11 bits per heavy atom. The van der Waals surface area contributed by atoms with Gasteiger partial charge in [0, 0.05) is 50.3 Å². The minimum Gasteiger partial charge on any atom is -0.481 e. The molecule has 2 atom stereocenters. The highest BCUT2D eigenvalue weighted by Crippen LogP contribution is 2.41. The third-order valence-corrected chi connectivity index (χ3v) is 8.01. The van der Waals surface area contributed by atoms with Gasteiger partial charge in [-0.3, -0.25) is 9.59 Å². The fourth-order valence-corrected chi connectivity index (χ4v) is 5.76. The zero-order valence-corrected chi connectivity index (χ0v) is 21.4. The standard InChI is InChI=1S/C25H36ClN5O4/c1-17-19(28-24(34)27-17)6-4-3-5-7-22(32)31-13-10-25(16-31)8-11-30(12-9-25)23(33)18-14-20(26)29-21(15-18)35-2/h14-15,17,19H,3-13,16H2,1-2H3,(H2,27,28,34). The molecule has 0 aromatic carbocycles. The number of amides is 4. The number of hydrogen-bond donors (Lipinski definition) is 2. The number of ether oxygens (including phenoxy) is 1. The summed E-state index contributed by atoms with van der Waals surface area (Å²) in [6.07, 6.45) is 7.20.